The summed E-state index contributed by atoms with van der Waals surface area (Å²) in [7, 11) is 0. The molecule has 5 heteroatoms. The van der Waals surface area contributed by atoms with E-state index in [-0.39, 0.29) is 6.42 Å². The first-order valence-electron chi connectivity index (χ1n) is 5.57. The zero-order valence-electron chi connectivity index (χ0n) is 9.86. The Hall–Kier alpha value is -1.33. The first-order chi connectivity index (χ1) is 8.54. The second-order valence-corrected chi connectivity index (χ2v) is 5.12. The minimum Gasteiger partial charge on any atom is -0.392 e. The Balaban J connectivity index is 2.00. The van der Waals surface area contributed by atoms with E-state index in [9.17, 15) is 13.9 Å². The van der Waals surface area contributed by atoms with Gasteiger partial charge >= 0.3 is 0 Å². The van der Waals surface area contributed by atoms with Crippen LogP contribution < -0.4 is 0 Å². The molecule has 1 aromatic heterocycles. The van der Waals surface area contributed by atoms with Crippen molar-refractivity contribution in [2.75, 3.05) is 0 Å². The molecule has 0 aliphatic heterocycles. The first-order valence-corrected chi connectivity index (χ1v) is 6.45. The summed E-state index contributed by atoms with van der Waals surface area (Å²) in [6, 6.07) is 3.38. The molecule has 0 aliphatic rings. The molecule has 1 unspecified atom stereocenters. The summed E-state index contributed by atoms with van der Waals surface area (Å²) in [5.74, 6) is -1.23. The van der Waals surface area contributed by atoms with E-state index >= 15 is 0 Å². The highest BCUT2D eigenvalue weighted by Gasteiger charge is 2.12. The predicted molar refractivity (Wildman–Crippen MR) is 66.6 cm³/mol. The number of aromatic nitrogens is 1. The molecule has 1 N–H and O–H groups in total. The van der Waals surface area contributed by atoms with Crippen molar-refractivity contribution in [2.45, 2.75) is 25.9 Å². The van der Waals surface area contributed by atoms with Gasteiger partial charge in [-0.25, -0.2) is 13.8 Å². The van der Waals surface area contributed by atoms with Crippen LogP contribution in [-0.4, -0.2) is 16.2 Å². The molecule has 0 saturated carbocycles. The van der Waals surface area contributed by atoms with E-state index in [1.54, 1.807) is 0 Å². The molecule has 0 fully saturated rings. The Morgan fingerprint density at radius 3 is 2.72 bits per heavy atom. The van der Waals surface area contributed by atoms with Crippen molar-refractivity contribution in [3.05, 3.63) is 51.5 Å². The van der Waals surface area contributed by atoms with Gasteiger partial charge in [0.2, 0.25) is 0 Å². The number of benzene rings is 1. The van der Waals surface area contributed by atoms with E-state index < -0.39 is 17.7 Å². The maximum Gasteiger partial charge on any atom is 0.129 e. The van der Waals surface area contributed by atoms with Crippen molar-refractivity contribution in [3.8, 4) is 0 Å². The second-order valence-electron chi connectivity index (χ2n) is 4.18. The average molecular weight is 269 g/mol. The van der Waals surface area contributed by atoms with Gasteiger partial charge in [0.05, 0.1) is 11.1 Å². The lowest BCUT2D eigenvalue weighted by atomic mass is 10.1. The minimum atomic E-state index is -0.712. The van der Waals surface area contributed by atoms with E-state index in [1.165, 1.54) is 23.5 Å². The zero-order chi connectivity index (χ0) is 13.1. The maximum atomic E-state index is 13.4. The van der Waals surface area contributed by atoms with E-state index in [4.69, 9.17) is 0 Å². The SMILES string of the molecule is Cc1csc(CC(O)Cc2ccc(F)cc2F)n1. The minimum absolute atomic E-state index is 0.157. The lowest BCUT2D eigenvalue weighted by molar-refractivity contribution is 0.174. The average Bonchev–Trinajstić information content (AvgIpc) is 2.68. The largest absolute Gasteiger partial charge is 0.392 e. The molecular weight excluding hydrogens is 256 g/mol. The van der Waals surface area contributed by atoms with E-state index in [2.05, 4.69) is 4.98 Å². The lowest BCUT2D eigenvalue weighted by Gasteiger charge is -2.09. The number of rotatable bonds is 4. The van der Waals surface area contributed by atoms with Gasteiger partial charge in [0.25, 0.3) is 0 Å². The molecule has 0 radical (unpaired) electrons. The van der Waals surface area contributed by atoms with Crippen molar-refractivity contribution < 1.29 is 13.9 Å². The number of aliphatic hydroxyl groups is 1. The molecule has 0 saturated heterocycles. The molecule has 0 amide bonds. The van der Waals surface area contributed by atoms with Crippen molar-refractivity contribution in [1.82, 2.24) is 4.98 Å². The Morgan fingerprint density at radius 1 is 1.33 bits per heavy atom. The van der Waals surface area contributed by atoms with Crippen LogP contribution in [0.1, 0.15) is 16.3 Å². The van der Waals surface area contributed by atoms with Crippen LogP contribution in [0, 0.1) is 18.6 Å². The van der Waals surface area contributed by atoms with Gasteiger partial charge in [-0.2, -0.15) is 0 Å². The summed E-state index contributed by atoms with van der Waals surface area (Å²) in [4.78, 5) is 4.23. The number of aliphatic hydroxyl groups excluding tert-OH is 1. The number of aryl methyl sites for hydroxylation is 1. The summed E-state index contributed by atoms with van der Waals surface area (Å²) in [6.45, 7) is 1.88. The summed E-state index contributed by atoms with van der Waals surface area (Å²) >= 11 is 1.47. The normalized spacial score (nSPS) is 12.7. The highest BCUT2D eigenvalue weighted by molar-refractivity contribution is 7.09. The Bertz CT molecular complexity index is 542. The third-order valence-electron chi connectivity index (χ3n) is 2.55. The molecular formula is C13H13F2NOS. The second kappa shape index (κ2) is 5.54. The molecule has 18 heavy (non-hydrogen) atoms. The van der Waals surface area contributed by atoms with Crippen molar-refractivity contribution >= 4 is 11.3 Å². The molecule has 2 nitrogen and oxygen atoms in total. The fraction of sp³-hybridized carbons (Fsp3) is 0.308. The Kier molecular flexibility index (Phi) is 4.04. The predicted octanol–water partition coefficient (Wildman–Crippen LogP) is 2.88. The molecule has 2 aromatic rings. The molecule has 2 rings (SSSR count). The number of hydrogen-bond acceptors (Lipinski definition) is 3. The van der Waals surface area contributed by atoms with Crippen LogP contribution in [-0.2, 0) is 12.8 Å². The topological polar surface area (TPSA) is 33.1 Å². The third kappa shape index (κ3) is 3.34. The zero-order valence-corrected chi connectivity index (χ0v) is 10.7. The number of nitrogens with zero attached hydrogens (tertiary/aromatic N) is 1. The van der Waals surface area contributed by atoms with E-state index in [1.807, 2.05) is 12.3 Å². The molecule has 96 valence electrons. The van der Waals surface area contributed by atoms with Crippen LogP contribution in [0.25, 0.3) is 0 Å². The lowest BCUT2D eigenvalue weighted by Crippen LogP contribution is -2.14. The van der Waals surface area contributed by atoms with Crippen LogP contribution >= 0.6 is 11.3 Å². The van der Waals surface area contributed by atoms with Gasteiger partial charge in [-0.3, -0.25) is 0 Å². The molecule has 1 heterocycles. The number of thiazole rings is 1. The molecule has 1 aromatic carbocycles. The fourth-order valence-corrected chi connectivity index (χ4v) is 2.56. The number of hydrogen-bond donors (Lipinski definition) is 1. The van der Waals surface area contributed by atoms with Crippen LogP contribution in [0.2, 0.25) is 0 Å². The van der Waals surface area contributed by atoms with Gasteiger partial charge in [0.15, 0.2) is 0 Å². The van der Waals surface area contributed by atoms with Gasteiger partial charge in [-0.15, -0.1) is 11.3 Å². The van der Waals surface area contributed by atoms with Gasteiger partial charge < -0.3 is 5.11 Å². The van der Waals surface area contributed by atoms with Gasteiger partial charge in [0, 0.05) is 30.0 Å². The molecule has 1 atom stereocenters. The molecule has 0 aliphatic carbocycles. The first kappa shape index (κ1) is 13.1. The van der Waals surface area contributed by atoms with Crippen LogP contribution in [0.4, 0.5) is 8.78 Å². The third-order valence-corrected chi connectivity index (χ3v) is 3.54. The van der Waals surface area contributed by atoms with Gasteiger partial charge in [0.1, 0.15) is 11.6 Å². The summed E-state index contributed by atoms with van der Waals surface area (Å²) < 4.78 is 26.1. The molecule has 0 spiro atoms. The highest BCUT2D eigenvalue weighted by atomic mass is 32.1. The van der Waals surface area contributed by atoms with Crippen molar-refractivity contribution in [1.29, 1.82) is 0 Å². The summed E-state index contributed by atoms with van der Waals surface area (Å²) in [5, 5.41) is 12.6. The standard InChI is InChI=1S/C13H13F2NOS/c1-8-7-18-13(16-8)6-11(17)4-9-2-3-10(14)5-12(9)15/h2-3,5,7,11,17H,4,6H2,1H3. The smallest absolute Gasteiger partial charge is 0.129 e. The fourth-order valence-electron chi connectivity index (χ4n) is 1.71. The monoisotopic (exact) mass is 269 g/mol. The van der Waals surface area contributed by atoms with Crippen molar-refractivity contribution in [3.63, 3.8) is 0 Å². The Morgan fingerprint density at radius 2 is 2.11 bits per heavy atom. The highest BCUT2D eigenvalue weighted by Crippen LogP contribution is 2.16. The van der Waals surface area contributed by atoms with E-state index in [0.717, 1.165) is 16.8 Å². The summed E-state index contributed by atoms with van der Waals surface area (Å²) in [5.41, 5.74) is 1.23. The van der Waals surface area contributed by atoms with Crippen molar-refractivity contribution in [2.24, 2.45) is 0 Å². The Labute approximate surface area is 108 Å². The van der Waals surface area contributed by atoms with Crippen LogP contribution in [0.3, 0.4) is 0 Å². The number of halogens is 2. The summed E-state index contributed by atoms with van der Waals surface area (Å²) in [6.07, 6.45) is -0.171. The van der Waals surface area contributed by atoms with Crippen LogP contribution in [0.15, 0.2) is 23.6 Å². The maximum absolute atomic E-state index is 13.4. The molecule has 0 bridgehead atoms. The van der Waals surface area contributed by atoms with Crippen LogP contribution in [0.5, 0.6) is 0 Å². The quantitative estimate of drug-likeness (QED) is 0.925. The van der Waals surface area contributed by atoms with Gasteiger partial charge in [-0.1, -0.05) is 6.07 Å². The van der Waals surface area contributed by atoms with E-state index in [0.29, 0.717) is 12.0 Å². The van der Waals surface area contributed by atoms with Gasteiger partial charge in [-0.05, 0) is 18.6 Å².